The molecule has 0 saturated heterocycles. The Hall–Kier alpha value is -2.60. The van der Waals surface area contributed by atoms with Gasteiger partial charge in [0.1, 0.15) is 5.69 Å². The maximum absolute atomic E-state index is 5.32. The lowest BCUT2D eigenvalue weighted by Gasteiger charge is -1.99. The summed E-state index contributed by atoms with van der Waals surface area (Å²) in [4.78, 5) is 12.5. The lowest BCUT2D eigenvalue weighted by molar-refractivity contribution is 0.432. The van der Waals surface area contributed by atoms with E-state index in [9.17, 15) is 0 Å². The molecule has 3 aromatic rings. The molecule has 6 heteroatoms. The Morgan fingerprint density at radius 3 is 2.95 bits per heavy atom. The Morgan fingerprint density at radius 2 is 2.05 bits per heavy atom. The van der Waals surface area contributed by atoms with Crippen LogP contribution in [0.5, 0.6) is 0 Å². The van der Waals surface area contributed by atoms with Crippen molar-refractivity contribution in [3.05, 3.63) is 47.9 Å². The van der Waals surface area contributed by atoms with Crippen LogP contribution in [0.3, 0.4) is 0 Å². The molecular formula is C14H11N5O. The van der Waals surface area contributed by atoms with Gasteiger partial charge in [0, 0.05) is 31.0 Å². The van der Waals surface area contributed by atoms with Gasteiger partial charge in [-0.05, 0) is 23.3 Å². The summed E-state index contributed by atoms with van der Waals surface area (Å²) < 4.78 is 5.32. The molecule has 6 nitrogen and oxygen atoms in total. The standard InChI is InChI=1S/C14H11N5O/c1-2-10-6-16-7-11(10)5-9(1)14-18-13(19-20-14)12-8-15-3-4-17-12/h1-5,8,16H,6-7H2. The zero-order chi connectivity index (χ0) is 13.4. The molecule has 0 amide bonds. The molecule has 0 radical (unpaired) electrons. The summed E-state index contributed by atoms with van der Waals surface area (Å²) in [5.41, 5.74) is 4.13. The van der Waals surface area contributed by atoms with E-state index < -0.39 is 0 Å². The number of hydrogen-bond acceptors (Lipinski definition) is 6. The van der Waals surface area contributed by atoms with E-state index in [4.69, 9.17) is 4.52 Å². The van der Waals surface area contributed by atoms with Crippen molar-refractivity contribution in [2.75, 3.05) is 0 Å². The van der Waals surface area contributed by atoms with Crippen molar-refractivity contribution in [3.63, 3.8) is 0 Å². The van der Waals surface area contributed by atoms with Crippen LogP contribution in [0, 0.1) is 0 Å². The fourth-order valence-corrected chi connectivity index (χ4v) is 2.29. The Kier molecular flexibility index (Phi) is 2.53. The first-order chi connectivity index (χ1) is 9.90. The molecular weight excluding hydrogens is 254 g/mol. The normalized spacial score (nSPS) is 13.4. The monoisotopic (exact) mass is 265 g/mol. The van der Waals surface area contributed by atoms with Crippen molar-refractivity contribution in [1.82, 2.24) is 25.4 Å². The number of fused-ring (bicyclic) bond motifs is 1. The first kappa shape index (κ1) is 11.2. The quantitative estimate of drug-likeness (QED) is 0.761. The summed E-state index contributed by atoms with van der Waals surface area (Å²) in [6.45, 7) is 1.80. The molecule has 0 unspecified atom stereocenters. The second kappa shape index (κ2) is 4.50. The van der Waals surface area contributed by atoms with Crippen LogP contribution in [0.4, 0.5) is 0 Å². The second-order valence-corrected chi connectivity index (χ2v) is 4.60. The van der Waals surface area contributed by atoms with E-state index in [1.807, 2.05) is 6.07 Å². The van der Waals surface area contributed by atoms with Gasteiger partial charge in [-0.1, -0.05) is 11.2 Å². The lowest BCUT2D eigenvalue weighted by atomic mass is 10.1. The van der Waals surface area contributed by atoms with Gasteiger partial charge in [0.15, 0.2) is 0 Å². The number of hydrogen-bond donors (Lipinski definition) is 1. The molecule has 0 spiro atoms. The maximum Gasteiger partial charge on any atom is 0.258 e. The van der Waals surface area contributed by atoms with Gasteiger partial charge in [-0.25, -0.2) is 4.98 Å². The van der Waals surface area contributed by atoms with Crippen molar-refractivity contribution in [2.45, 2.75) is 13.1 Å². The highest BCUT2D eigenvalue weighted by Gasteiger charge is 2.15. The zero-order valence-corrected chi connectivity index (χ0v) is 10.6. The molecule has 3 heterocycles. The van der Waals surface area contributed by atoms with Crippen LogP contribution in [0.15, 0.2) is 41.3 Å². The summed E-state index contributed by atoms with van der Waals surface area (Å²) in [5, 5.41) is 7.26. The summed E-state index contributed by atoms with van der Waals surface area (Å²) in [7, 11) is 0. The Balaban J connectivity index is 1.72. The first-order valence-corrected chi connectivity index (χ1v) is 6.33. The van der Waals surface area contributed by atoms with Crippen LogP contribution in [0.2, 0.25) is 0 Å². The molecule has 0 aliphatic carbocycles. The van der Waals surface area contributed by atoms with Gasteiger partial charge in [0.2, 0.25) is 5.82 Å². The maximum atomic E-state index is 5.32. The molecule has 2 aromatic heterocycles. The number of nitrogens with zero attached hydrogens (tertiary/aromatic N) is 4. The number of benzene rings is 1. The number of nitrogens with one attached hydrogen (secondary N) is 1. The molecule has 98 valence electrons. The molecule has 0 bridgehead atoms. The minimum absolute atomic E-state index is 0.451. The minimum atomic E-state index is 0.451. The molecule has 0 fully saturated rings. The first-order valence-electron chi connectivity index (χ1n) is 6.33. The van der Waals surface area contributed by atoms with Gasteiger partial charge < -0.3 is 9.84 Å². The van der Waals surface area contributed by atoms with Crippen LogP contribution in [0.1, 0.15) is 11.1 Å². The molecule has 1 aliphatic rings. The van der Waals surface area contributed by atoms with Crippen molar-refractivity contribution in [2.24, 2.45) is 0 Å². The average molecular weight is 265 g/mol. The minimum Gasteiger partial charge on any atom is -0.334 e. The third-order valence-corrected chi connectivity index (χ3v) is 3.30. The summed E-state index contributed by atoms with van der Waals surface area (Å²) >= 11 is 0. The van der Waals surface area contributed by atoms with Crippen LogP contribution in [-0.4, -0.2) is 20.1 Å². The third kappa shape index (κ3) is 1.86. The highest BCUT2D eigenvalue weighted by molar-refractivity contribution is 5.59. The van der Waals surface area contributed by atoms with Crippen LogP contribution in [-0.2, 0) is 13.1 Å². The van der Waals surface area contributed by atoms with Gasteiger partial charge >= 0.3 is 0 Å². The number of rotatable bonds is 2. The largest absolute Gasteiger partial charge is 0.334 e. The van der Waals surface area contributed by atoms with Crippen LogP contribution >= 0.6 is 0 Å². The SMILES string of the molecule is c1cnc(-c2noc(-c3ccc4c(c3)CNC4)n2)cn1. The van der Waals surface area contributed by atoms with E-state index in [1.165, 1.54) is 11.1 Å². The summed E-state index contributed by atoms with van der Waals surface area (Å²) in [5.74, 6) is 0.951. The Morgan fingerprint density at radius 1 is 1.10 bits per heavy atom. The Bertz CT molecular complexity index is 753. The van der Waals surface area contributed by atoms with E-state index in [0.717, 1.165) is 18.7 Å². The highest BCUT2D eigenvalue weighted by atomic mass is 16.5. The molecule has 1 aromatic carbocycles. The van der Waals surface area contributed by atoms with Gasteiger partial charge in [-0.2, -0.15) is 4.98 Å². The van der Waals surface area contributed by atoms with Gasteiger partial charge in [-0.3, -0.25) is 4.98 Å². The average Bonchev–Trinajstić information content (AvgIpc) is 3.16. The predicted molar refractivity (Wildman–Crippen MR) is 71.3 cm³/mol. The highest BCUT2D eigenvalue weighted by Crippen LogP contribution is 2.25. The predicted octanol–water partition coefficient (Wildman–Crippen LogP) is 1.80. The molecule has 1 N–H and O–H groups in total. The van der Waals surface area contributed by atoms with Gasteiger partial charge in [0.25, 0.3) is 5.89 Å². The zero-order valence-electron chi connectivity index (χ0n) is 10.6. The second-order valence-electron chi connectivity index (χ2n) is 4.60. The van der Waals surface area contributed by atoms with E-state index in [0.29, 0.717) is 17.4 Å². The van der Waals surface area contributed by atoms with E-state index >= 15 is 0 Å². The van der Waals surface area contributed by atoms with Gasteiger partial charge in [-0.15, -0.1) is 0 Å². The fraction of sp³-hybridized carbons (Fsp3) is 0.143. The van der Waals surface area contributed by atoms with E-state index in [2.05, 4.69) is 37.6 Å². The van der Waals surface area contributed by atoms with E-state index in [1.54, 1.807) is 18.6 Å². The molecule has 0 atom stereocenters. The summed E-state index contributed by atoms with van der Waals surface area (Å²) in [6.07, 6.45) is 4.83. The molecule has 0 saturated carbocycles. The van der Waals surface area contributed by atoms with Crippen molar-refractivity contribution in [3.8, 4) is 23.0 Å². The van der Waals surface area contributed by atoms with Crippen LogP contribution in [0.25, 0.3) is 23.0 Å². The lowest BCUT2D eigenvalue weighted by Crippen LogP contribution is -1.99. The van der Waals surface area contributed by atoms with Crippen molar-refractivity contribution < 1.29 is 4.52 Å². The van der Waals surface area contributed by atoms with Crippen LogP contribution < -0.4 is 5.32 Å². The van der Waals surface area contributed by atoms with Crippen molar-refractivity contribution in [1.29, 1.82) is 0 Å². The smallest absolute Gasteiger partial charge is 0.258 e. The van der Waals surface area contributed by atoms with E-state index in [-0.39, 0.29) is 0 Å². The third-order valence-electron chi connectivity index (χ3n) is 3.30. The Labute approximate surface area is 114 Å². The topological polar surface area (TPSA) is 76.7 Å². The van der Waals surface area contributed by atoms with Gasteiger partial charge in [0.05, 0.1) is 6.20 Å². The molecule has 4 rings (SSSR count). The summed E-state index contributed by atoms with van der Waals surface area (Å²) in [6, 6.07) is 6.18. The fourth-order valence-electron chi connectivity index (χ4n) is 2.29. The number of aromatic nitrogens is 4. The molecule has 1 aliphatic heterocycles. The van der Waals surface area contributed by atoms with Crippen molar-refractivity contribution >= 4 is 0 Å². The molecule has 20 heavy (non-hydrogen) atoms.